The number of rotatable bonds is 5. The molecule has 0 aliphatic carbocycles. The highest BCUT2D eigenvalue weighted by Gasteiger charge is 2.16. The SMILES string of the molecule is O=S(=O)(NCCc1cccnc1)c1ccccc1O. The maximum Gasteiger partial charge on any atom is 0.244 e. The van der Waals surface area contributed by atoms with Crippen LogP contribution >= 0.6 is 0 Å². The monoisotopic (exact) mass is 278 g/mol. The van der Waals surface area contributed by atoms with Crippen LogP contribution in [0.3, 0.4) is 0 Å². The van der Waals surface area contributed by atoms with E-state index in [1.807, 2.05) is 6.07 Å². The summed E-state index contributed by atoms with van der Waals surface area (Å²) in [7, 11) is -3.68. The fourth-order valence-corrected chi connectivity index (χ4v) is 2.77. The third-order valence-electron chi connectivity index (χ3n) is 2.58. The van der Waals surface area contributed by atoms with E-state index in [1.165, 1.54) is 12.1 Å². The number of pyridine rings is 1. The molecule has 6 heteroatoms. The van der Waals surface area contributed by atoms with E-state index in [-0.39, 0.29) is 17.2 Å². The van der Waals surface area contributed by atoms with Crippen molar-refractivity contribution in [2.24, 2.45) is 0 Å². The number of benzene rings is 1. The van der Waals surface area contributed by atoms with Crippen molar-refractivity contribution in [3.8, 4) is 5.75 Å². The van der Waals surface area contributed by atoms with Crippen LogP contribution in [0.5, 0.6) is 5.75 Å². The summed E-state index contributed by atoms with van der Waals surface area (Å²) < 4.78 is 26.4. The summed E-state index contributed by atoms with van der Waals surface area (Å²) in [6.07, 6.45) is 3.89. The minimum absolute atomic E-state index is 0.110. The Morgan fingerprint density at radius 1 is 1.16 bits per heavy atom. The van der Waals surface area contributed by atoms with Gasteiger partial charge in [0.1, 0.15) is 10.6 Å². The second-order valence-corrected chi connectivity index (χ2v) is 5.71. The Hall–Kier alpha value is -1.92. The molecule has 0 aliphatic rings. The molecule has 0 radical (unpaired) electrons. The van der Waals surface area contributed by atoms with Crippen LogP contribution in [-0.4, -0.2) is 25.1 Å². The Balaban J connectivity index is 2.01. The van der Waals surface area contributed by atoms with E-state index in [4.69, 9.17) is 0 Å². The van der Waals surface area contributed by atoms with Gasteiger partial charge in [-0.2, -0.15) is 0 Å². The lowest BCUT2D eigenvalue weighted by atomic mass is 10.2. The summed E-state index contributed by atoms with van der Waals surface area (Å²) in [6, 6.07) is 9.52. The van der Waals surface area contributed by atoms with Gasteiger partial charge in [0.15, 0.2) is 0 Å². The van der Waals surface area contributed by atoms with Gasteiger partial charge in [-0.25, -0.2) is 13.1 Å². The largest absolute Gasteiger partial charge is 0.507 e. The molecule has 0 bridgehead atoms. The smallest absolute Gasteiger partial charge is 0.244 e. The molecular formula is C13H14N2O3S. The van der Waals surface area contributed by atoms with Crippen LogP contribution < -0.4 is 4.72 Å². The van der Waals surface area contributed by atoms with Crippen molar-refractivity contribution >= 4 is 10.0 Å². The predicted octanol–water partition coefficient (Wildman–Crippen LogP) is 1.31. The van der Waals surface area contributed by atoms with Crippen LogP contribution in [0.4, 0.5) is 0 Å². The van der Waals surface area contributed by atoms with Crippen molar-refractivity contribution in [3.63, 3.8) is 0 Å². The van der Waals surface area contributed by atoms with E-state index in [0.717, 1.165) is 5.56 Å². The van der Waals surface area contributed by atoms with Gasteiger partial charge in [0, 0.05) is 18.9 Å². The minimum atomic E-state index is -3.68. The number of nitrogens with zero attached hydrogens (tertiary/aromatic N) is 1. The molecular weight excluding hydrogens is 264 g/mol. The number of hydrogen-bond donors (Lipinski definition) is 2. The van der Waals surface area contributed by atoms with Crippen molar-refractivity contribution in [1.29, 1.82) is 0 Å². The van der Waals surface area contributed by atoms with Gasteiger partial charge in [-0.1, -0.05) is 18.2 Å². The first-order valence-corrected chi connectivity index (χ1v) is 7.24. The molecule has 1 aromatic heterocycles. The molecule has 2 aromatic rings. The van der Waals surface area contributed by atoms with Gasteiger partial charge >= 0.3 is 0 Å². The Kier molecular flexibility index (Phi) is 4.13. The molecule has 0 unspecified atom stereocenters. The Morgan fingerprint density at radius 2 is 1.95 bits per heavy atom. The second kappa shape index (κ2) is 5.81. The number of nitrogens with one attached hydrogen (secondary N) is 1. The number of para-hydroxylation sites is 1. The highest BCUT2D eigenvalue weighted by Crippen LogP contribution is 2.20. The predicted molar refractivity (Wildman–Crippen MR) is 71.2 cm³/mol. The zero-order valence-corrected chi connectivity index (χ0v) is 11.0. The molecule has 1 aromatic carbocycles. The first-order valence-electron chi connectivity index (χ1n) is 5.76. The van der Waals surface area contributed by atoms with Gasteiger partial charge < -0.3 is 5.11 Å². The molecule has 0 spiro atoms. The number of aromatic nitrogens is 1. The third-order valence-corrected chi connectivity index (χ3v) is 4.09. The molecule has 2 rings (SSSR count). The van der Waals surface area contributed by atoms with Crippen molar-refractivity contribution < 1.29 is 13.5 Å². The fourth-order valence-electron chi connectivity index (χ4n) is 1.64. The molecule has 100 valence electrons. The molecule has 0 amide bonds. The van der Waals surface area contributed by atoms with Crippen LogP contribution in [0.2, 0.25) is 0 Å². The number of phenols is 1. The Bertz CT molecular complexity index is 642. The first-order chi connectivity index (χ1) is 9.09. The lowest BCUT2D eigenvalue weighted by Gasteiger charge is -2.08. The summed E-state index contributed by atoms with van der Waals surface area (Å²) in [6.45, 7) is 0.252. The molecule has 5 nitrogen and oxygen atoms in total. The maximum absolute atomic E-state index is 12.0. The first kappa shape index (κ1) is 13.5. The third kappa shape index (κ3) is 3.52. The summed E-state index contributed by atoms with van der Waals surface area (Å²) in [5.74, 6) is -0.253. The van der Waals surface area contributed by atoms with Crippen molar-refractivity contribution in [1.82, 2.24) is 9.71 Å². The summed E-state index contributed by atoms with van der Waals surface area (Å²) in [5, 5.41) is 9.53. The van der Waals surface area contributed by atoms with Gasteiger partial charge in [-0.05, 0) is 30.2 Å². The molecule has 2 N–H and O–H groups in total. The van der Waals surface area contributed by atoms with E-state index in [9.17, 15) is 13.5 Å². The number of sulfonamides is 1. The maximum atomic E-state index is 12.0. The quantitative estimate of drug-likeness (QED) is 0.864. The Morgan fingerprint density at radius 3 is 2.63 bits per heavy atom. The van der Waals surface area contributed by atoms with Crippen LogP contribution in [0.1, 0.15) is 5.56 Å². The average Bonchev–Trinajstić information content (AvgIpc) is 2.40. The molecule has 0 aliphatic heterocycles. The molecule has 0 atom stereocenters. The van der Waals surface area contributed by atoms with Gasteiger partial charge in [0.05, 0.1) is 0 Å². The normalized spacial score (nSPS) is 11.4. The number of aromatic hydroxyl groups is 1. The van der Waals surface area contributed by atoms with Crippen molar-refractivity contribution in [2.45, 2.75) is 11.3 Å². The van der Waals surface area contributed by atoms with Crippen LogP contribution in [0.15, 0.2) is 53.7 Å². The fraction of sp³-hybridized carbons (Fsp3) is 0.154. The molecule has 1 heterocycles. The highest BCUT2D eigenvalue weighted by molar-refractivity contribution is 7.89. The van der Waals surface area contributed by atoms with E-state index in [1.54, 1.807) is 30.6 Å². The van der Waals surface area contributed by atoms with E-state index in [0.29, 0.717) is 6.42 Å². The van der Waals surface area contributed by atoms with Crippen LogP contribution in [0, 0.1) is 0 Å². The lowest BCUT2D eigenvalue weighted by Crippen LogP contribution is -2.26. The van der Waals surface area contributed by atoms with Gasteiger partial charge in [-0.3, -0.25) is 4.98 Å². The summed E-state index contributed by atoms with van der Waals surface area (Å²) in [4.78, 5) is 3.84. The topological polar surface area (TPSA) is 79.3 Å². The molecule has 19 heavy (non-hydrogen) atoms. The summed E-state index contributed by atoms with van der Waals surface area (Å²) >= 11 is 0. The van der Waals surface area contributed by atoms with Crippen LogP contribution in [0.25, 0.3) is 0 Å². The molecule has 0 saturated carbocycles. The molecule has 0 fully saturated rings. The van der Waals surface area contributed by atoms with Gasteiger partial charge in [0.2, 0.25) is 10.0 Å². The number of hydrogen-bond acceptors (Lipinski definition) is 4. The molecule has 0 saturated heterocycles. The standard InChI is InChI=1S/C13H14N2O3S/c16-12-5-1-2-6-13(12)19(17,18)15-9-7-11-4-3-8-14-10-11/h1-6,8,10,15-16H,7,9H2. The van der Waals surface area contributed by atoms with E-state index in [2.05, 4.69) is 9.71 Å². The summed E-state index contributed by atoms with van der Waals surface area (Å²) in [5.41, 5.74) is 0.947. The van der Waals surface area contributed by atoms with Gasteiger partial charge in [-0.15, -0.1) is 0 Å². The highest BCUT2D eigenvalue weighted by atomic mass is 32.2. The van der Waals surface area contributed by atoms with Crippen molar-refractivity contribution in [3.05, 3.63) is 54.4 Å². The zero-order chi connectivity index (χ0) is 13.7. The second-order valence-electron chi connectivity index (χ2n) is 3.98. The van der Waals surface area contributed by atoms with E-state index < -0.39 is 10.0 Å². The van der Waals surface area contributed by atoms with Crippen molar-refractivity contribution in [2.75, 3.05) is 6.54 Å². The van der Waals surface area contributed by atoms with Gasteiger partial charge in [0.25, 0.3) is 0 Å². The zero-order valence-electron chi connectivity index (χ0n) is 10.2. The Labute approximate surface area is 112 Å². The number of phenolic OH excluding ortho intramolecular Hbond substituents is 1. The minimum Gasteiger partial charge on any atom is -0.507 e. The van der Waals surface area contributed by atoms with Crippen LogP contribution in [-0.2, 0) is 16.4 Å². The average molecular weight is 278 g/mol. The lowest BCUT2D eigenvalue weighted by molar-refractivity contribution is 0.458. The van der Waals surface area contributed by atoms with E-state index >= 15 is 0 Å².